The molecular weight excluding hydrogens is 450 g/mol. The summed E-state index contributed by atoms with van der Waals surface area (Å²) in [4.78, 5) is 43.3. The number of oxazole rings is 1. The number of carbonyl (C=O) groups is 3. The first-order chi connectivity index (χ1) is 16.7. The molecule has 0 unspecified atom stereocenters. The number of ether oxygens (including phenoxy) is 2. The van der Waals surface area contributed by atoms with E-state index in [4.69, 9.17) is 13.9 Å². The highest BCUT2D eigenvalue weighted by Crippen LogP contribution is 2.34. The number of aromatic nitrogens is 1. The molecule has 0 atom stereocenters. The quantitative estimate of drug-likeness (QED) is 0.493. The van der Waals surface area contributed by atoms with E-state index in [1.807, 2.05) is 45.9 Å². The number of aryl methyl sites for hydroxylation is 2. The van der Waals surface area contributed by atoms with Crippen molar-refractivity contribution in [3.63, 3.8) is 0 Å². The summed E-state index contributed by atoms with van der Waals surface area (Å²) in [6.45, 7) is 7.22. The molecule has 2 heterocycles. The number of hydrogen-bond acceptors (Lipinski definition) is 7. The van der Waals surface area contributed by atoms with Crippen molar-refractivity contribution in [2.75, 3.05) is 18.1 Å². The molecule has 0 aliphatic carbocycles. The Labute approximate surface area is 203 Å². The molecule has 0 fully saturated rings. The molecule has 0 radical (unpaired) electrons. The summed E-state index contributed by atoms with van der Waals surface area (Å²) in [6.07, 6.45) is 1.25. The highest BCUT2D eigenvalue weighted by atomic mass is 16.5. The van der Waals surface area contributed by atoms with Gasteiger partial charge in [0.25, 0.3) is 11.8 Å². The zero-order valence-corrected chi connectivity index (χ0v) is 20.1. The van der Waals surface area contributed by atoms with Gasteiger partial charge >= 0.3 is 0 Å². The lowest BCUT2D eigenvalue weighted by molar-refractivity contribution is -0.121. The monoisotopic (exact) mass is 477 g/mol. The fourth-order valence-corrected chi connectivity index (χ4v) is 3.76. The molecule has 2 amide bonds. The smallest absolute Gasteiger partial charge is 0.273 e. The zero-order valence-electron chi connectivity index (χ0n) is 20.1. The number of Topliss-reactive ketones (excluding diaryl/α,β-unsaturated/α-hetero) is 1. The molecule has 1 N–H and O–H groups in total. The van der Waals surface area contributed by atoms with Crippen molar-refractivity contribution in [3.05, 3.63) is 70.9 Å². The summed E-state index contributed by atoms with van der Waals surface area (Å²) < 4.78 is 16.8. The average molecular weight is 478 g/mol. The van der Waals surface area contributed by atoms with E-state index in [0.717, 1.165) is 11.1 Å². The highest BCUT2D eigenvalue weighted by Gasteiger charge is 2.28. The van der Waals surface area contributed by atoms with Crippen LogP contribution in [0.4, 0.5) is 5.69 Å². The Bertz CT molecular complexity index is 1260. The fourth-order valence-electron chi connectivity index (χ4n) is 3.76. The molecule has 1 aliphatic heterocycles. The molecule has 0 saturated carbocycles. The van der Waals surface area contributed by atoms with Crippen LogP contribution in [0.2, 0.25) is 0 Å². The van der Waals surface area contributed by atoms with Crippen molar-refractivity contribution in [2.45, 2.75) is 40.3 Å². The molecule has 182 valence electrons. The maximum atomic E-state index is 12.9. The van der Waals surface area contributed by atoms with Crippen molar-refractivity contribution in [1.29, 1.82) is 0 Å². The van der Waals surface area contributed by atoms with Gasteiger partial charge in [-0.15, -0.1) is 0 Å². The van der Waals surface area contributed by atoms with Gasteiger partial charge in [-0.05, 0) is 57.0 Å². The molecule has 35 heavy (non-hydrogen) atoms. The van der Waals surface area contributed by atoms with Gasteiger partial charge in [-0.2, -0.15) is 0 Å². The van der Waals surface area contributed by atoms with Crippen LogP contribution < -0.4 is 19.7 Å². The van der Waals surface area contributed by atoms with Gasteiger partial charge < -0.3 is 19.2 Å². The average Bonchev–Trinajstić information content (AvgIpc) is 3.29. The zero-order chi connectivity index (χ0) is 25.1. The molecule has 9 heteroatoms. The minimum absolute atomic E-state index is 0.0132. The molecule has 0 saturated heterocycles. The first kappa shape index (κ1) is 24.0. The normalized spacial score (nSPS) is 12.8. The van der Waals surface area contributed by atoms with Crippen LogP contribution in [-0.2, 0) is 11.3 Å². The number of anilines is 1. The minimum Gasteiger partial charge on any atom is -0.485 e. The van der Waals surface area contributed by atoms with E-state index in [9.17, 15) is 14.4 Å². The van der Waals surface area contributed by atoms with Gasteiger partial charge in [-0.1, -0.05) is 18.2 Å². The third-order valence-electron chi connectivity index (χ3n) is 5.48. The predicted molar refractivity (Wildman–Crippen MR) is 128 cm³/mol. The first-order valence-electron chi connectivity index (χ1n) is 11.3. The maximum Gasteiger partial charge on any atom is 0.273 e. The summed E-state index contributed by atoms with van der Waals surface area (Å²) in [5.41, 5.74) is 2.82. The minimum atomic E-state index is -0.361. The lowest BCUT2D eigenvalue weighted by Crippen LogP contribution is -2.38. The van der Waals surface area contributed by atoms with Gasteiger partial charge in [0, 0.05) is 11.6 Å². The number of rotatable bonds is 8. The fraction of sp³-hybridized carbons (Fsp3) is 0.308. The summed E-state index contributed by atoms with van der Waals surface area (Å²) in [6, 6.07) is 10.6. The Morgan fingerprint density at radius 3 is 2.63 bits per heavy atom. The van der Waals surface area contributed by atoms with Crippen LogP contribution in [0.5, 0.6) is 11.5 Å². The van der Waals surface area contributed by atoms with E-state index in [2.05, 4.69) is 10.3 Å². The maximum absolute atomic E-state index is 12.9. The van der Waals surface area contributed by atoms with Gasteiger partial charge in [-0.25, -0.2) is 4.98 Å². The van der Waals surface area contributed by atoms with E-state index < -0.39 is 0 Å². The third-order valence-corrected chi connectivity index (χ3v) is 5.48. The number of nitrogens with zero attached hydrogens (tertiary/aromatic N) is 2. The number of nitrogens with one attached hydrogen (secondary N) is 1. The predicted octanol–water partition coefficient (Wildman–Crippen LogP) is 3.62. The molecule has 1 aliphatic rings. The summed E-state index contributed by atoms with van der Waals surface area (Å²) in [5, 5.41) is 2.74. The van der Waals surface area contributed by atoms with Crippen molar-refractivity contribution in [1.82, 2.24) is 10.3 Å². The van der Waals surface area contributed by atoms with E-state index in [1.54, 1.807) is 18.2 Å². The number of hydrogen-bond donors (Lipinski definition) is 1. The number of ketones is 1. The molecule has 4 rings (SSSR count). The van der Waals surface area contributed by atoms with Crippen molar-refractivity contribution in [3.8, 4) is 11.5 Å². The Balaban J connectivity index is 1.52. The Hall–Kier alpha value is -4.14. The molecular formula is C26H27N3O6. The van der Waals surface area contributed by atoms with E-state index in [0.29, 0.717) is 22.7 Å². The van der Waals surface area contributed by atoms with E-state index in [1.165, 1.54) is 11.2 Å². The molecule has 3 aromatic rings. The summed E-state index contributed by atoms with van der Waals surface area (Å²) in [5.74, 6) is 0.412. The Morgan fingerprint density at radius 1 is 1.17 bits per heavy atom. The summed E-state index contributed by atoms with van der Waals surface area (Å²) >= 11 is 0. The SMILES string of the molecule is Cc1cccc(C)c1OCC(=O)c1ccc2c(c1)N(Cc1nc(C(=O)NC(C)C)co1)C(=O)CO2. The number of benzene rings is 2. The van der Waals surface area contributed by atoms with Gasteiger partial charge in [-0.3, -0.25) is 19.3 Å². The van der Waals surface area contributed by atoms with Crippen LogP contribution in [0.1, 0.15) is 51.7 Å². The van der Waals surface area contributed by atoms with Crippen molar-refractivity contribution >= 4 is 23.3 Å². The lowest BCUT2D eigenvalue weighted by atomic mass is 10.1. The van der Waals surface area contributed by atoms with Crippen LogP contribution in [-0.4, -0.2) is 41.8 Å². The van der Waals surface area contributed by atoms with Gasteiger partial charge in [0.05, 0.1) is 5.69 Å². The Kier molecular flexibility index (Phi) is 6.86. The Morgan fingerprint density at radius 2 is 1.91 bits per heavy atom. The second kappa shape index (κ2) is 10.0. The van der Waals surface area contributed by atoms with Crippen LogP contribution in [0, 0.1) is 13.8 Å². The van der Waals surface area contributed by atoms with Gasteiger partial charge in [0.2, 0.25) is 5.89 Å². The molecule has 2 aromatic carbocycles. The van der Waals surface area contributed by atoms with Crippen LogP contribution in [0.15, 0.2) is 47.1 Å². The second-order valence-electron chi connectivity index (χ2n) is 8.64. The van der Waals surface area contributed by atoms with E-state index >= 15 is 0 Å². The van der Waals surface area contributed by atoms with Gasteiger partial charge in [0.1, 0.15) is 24.3 Å². The number of carbonyl (C=O) groups excluding carboxylic acids is 3. The van der Waals surface area contributed by atoms with E-state index in [-0.39, 0.29) is 55.0 Å². The second-order valence-corrected chi connectivity index (χ2v) is 8.64. The van der Waals surface area contributed by atoms with Crippen LogP contribution in [0.25, 0.3) is 0 Å². The standard InChI is InChI=1S/C26H27N3O6/c1-15(2)27-26(32)19-12-34-23(28-19)11-29-20-10-18(8-9-22(20)33-14-24(29)31)21(30)13-35-25-16(3)6-5-7-17(25)4/h5-10,12,15H,11,13-14H2,1-4H3,(H,27,32). The highest BCUT2D eigenvalue weighted by molar-refractivity contribution is 6.02. The number of amides is 2. The summed E-state index contributed by atoms with van der Waals surface area (Å²) in [7, 11) is 0. The third kappa shape index (κ3) is 5.34. The molecule has 0 spiro atoms. The molecule has 9 nitrogen and oxygen atoms in total. The largest absolute Gasteiger partial charge is 0.485 e. The van der Waals surface area contributed by atoms with Gasteiger partial charge in [0.15, 0.2) is 24.7 Å². The molecule has 1 aromatic heterocycles. The topological polar surface area (TPSA) is 111 Å². The molecule has 0 bridgehead atoms. The van der Waals surface area contributed by atoms with Crippen molar-refractivity contribution < 1.29 is 28.3 Å². The van der Waals surface area contributed by atoms with Crippen LogP contribution >= 0.6 is 0 Å². The lowest BCUT2D eigenvalue weighted by Gasteiger charge is -2.28. The van der Waals surface area contributed by atoms with Crippen LogP contribution in [0.3, 0.4) is 0 Å². The first-order valence-corrected chi connectivity index (χ1v) is 11.3. The number of fused-ring (bicyclic) bond motifs is 1. The number of para-hydroxylation sites is 1. The van der Waals surface area contributed by atoms with Crippen molar-refractivity contribution in [2.24, 2.45) is 0 Å².